The summed E-state index contributed by atoms with van der Waals surface area (Å²) in [6.45, 7) is 3.99. The van der Waals surface area contributed by atoms with E-state index in [4.69, 9.17) is 0 Å². The lowest BCUT2D eigenvalue weighted by Gasteiger charge is -1.97. The van der Waals surface area contributed by atoms with Gasteiger partial charge in [0.05, 0.1) is 0 Å². The summed E-state index contributed by atoms with van der Waals surface area (Å²) in [7, 11) is 0. The summed E-state index contributed by atoms with van der Waals surface area (Å²) >= 11 is 0. The van der Waals surface area contributed by atoms with E-state index in [1.54, 1.807) is 12.1 Å². The molecule has 0 aliphatic carbocycles. The third kappa shape index (κ3) is 1.50. The lowest BCUT2D eigenvalue weighted by Crippen LogP contribution is -1.80. The first-order chi connectivity index (χ1) is 4.72. The lowest BCUT2D eigenvalue weighted by atomic mass is 10.1. The van der Waals surface area contributed by atoms with Gasteiger partial charge < -0.3 is 0 Å². The summed E-state index contributed by atoms with van der Waals surface area (Å²) in [6, 6.07) is 5.38. The molecule has 0 aromatic heterocycles. The third-order valence-electron chi connectivity index (χ3n) is 1.52. The number of aryl methyl sites for hydroxylation is 2. The molecular weight excluding hydrogens is 124 g/mol. The summed E-state index contributed by atoms with van der Waals surface area (Å²) in [5.41, 5.74) is 2.19. The van der Waals surface area contributed by atoms with Crippen LogP contribution in [0, 0.1) is 6.92 Å². The fraction of sp³-hybridized carbons (Fsp3) is 0.333. The molecule has 0 saturated carbocycles. The second kappa shape index (κ2) is 2.74. The van der Waals surface area contributed by atoms with E-state index in [-0.39, 0.29) is 5.75 Å². The van der Waals surface area contributed by atoms with Crippen molar-refractivity contribution in [2.45, 2.75) is 20.3 Å². The Balaban J connectivity index is 3.06. The highest BCUT2D eigenvalue weighted by atomic mass is 16.3. The van der Waals surface area contributed by atoms with Crippen LogP contribution in [0.5, 0.6) is 5.75 Å². The van der Waals surface area contributed by atoms with Gasteiger partial charge in [0, 0.05) is 0 Å². The van der Waals surface area contributed by atoms with Gasteiger partial charge >= 0.3 is 0 Å². The summed E-state index contributed by atoms with van der Waals surface area (Å²) < 4.78 is 0. The second-order valence-corrected chi connectivity index (χ2v) is 2.51. The van der Waals surface area contributed by atoms with Gasteiger partial charge in [0.1, 0.15) is 0 Å². The summed E-state index contributed by atoms with van der Waals surface area (Å²) in [4.78, 5) is 0. The van der Waals surface area contributed by atoms with E-state index in [1.807, 2.05) is 19.9 Å². The third-order valence-corrected chi connectivity index (χ3v) is 1.52. The van der Waals surface area contributed by atoms with E-state index < -0.39 is 0 Å². The predicted molar refractivity (Wildman–Crippen MR) is 40.7 cm³/mol. The van der Waals surface area contributed by atoms with Crippen LogP contribution in [-0.2, 0) is 11.5 Å². The van der Waals surface area contributed by atoms with Gasteiger partial charge in [0.25, 0.3) is 0 Å². The summed E-state index contributed by atoms with van der Waals surface area (Å²) in [6.07, 6.45) is 0.941. The van der Waals surface area contributed by atoms with E-state index in [0.29, 0.717) is 0 Å². The zero-order valence-electron chi connectivity index (χ0n) is 6.35. The molecule has 0 saturated heterocycles. The van der Waals surface area contributed by atoms with Crippen LogP contribution >= 0.6 is 0 Å². The van der Waals surface area contributed by atoms with Crippen LogP contribution in [0.1, 0.15) is 18.1 Å². The van der Waals surface area contributed by atoms with Crippen LogP contribution < -0.4 is 0 Å². The molecule has 53 valence electrons. The topological polar surface area (TPSA) is 19.9 Å². The van der Waals surface area contributed by atoms with E-state index in [9.17, 15) is 5.11 Å². The molecule has 0 fully saturated rings. The van der Waals surface area contributed by atoms with Crippen LogP contribution in [0.25, 0.3) is 0 Å². The average molecular weight is 135 g/mol. The number of benzene rings is 1. The van der Waals surface area contributed by atoms with Crippen molar-refractivity contribution < 1.29 is 5.11 Å². The number of rotatable bonds is 1. The Labute approximate surface area is 61.3 Å². The molecule has 0 aliphatic rings. The Morgan fingerprint density at radius 1 is 1.30 bits per heavy atom. The molecule has 0 aliphatic heterocycles. The van der Waals surface area contributed by atoms with Gasteiger partial charge in [0.15, 0.2) is 5.75 Å². The minimum atomic E-state index is 0.122. The highest BCUT2D eigenvalue weighted by Gasteiger charge is 1.94. The Morgan fingerprint density at radius 2 is 2.00 bits per heavy atom. The van der Waals surface area contributed by atoms with Gasteiger partial charge in [-0.15, -0.1) is 0 Å². The zero-order chi connectivity index (χ0) is 7.56. The van der Waals surface area contributed by atoms with Crippen molar-refractivity contribution in [2.24, 2.45) is 0 Å². The molecule has 1 heteroatoms. The van der Waals surface area contributed by atoms with Crippen LogP contribution in [0.3, 0.4) is 0 Å². The number of hydrogen-bond donors (Lipinski definition) is 0. The maximum atomic E-state index is 10.9. The van der Waals surface area contributed by atoms with Crippen molar-refractivity contribution in [2.75, 3.05) is 0 Å². The van der Waals surface area contributed by atoms with E-state index >= 15 is 0 Å². The minimum Gasteiger partial charge on any atom is -0.290 e. The fourth-order valence-corrected chi connectivity index (χ4v) is 1.03. The maximum Gasteiger partial charge on any atom is 0.179 e. The van der Waals surface area contributed by atoms with Gasteiger partial charge in [-0.3, -0.25) is 5.11 Å². The first-order valence-corrected chi connectivity index (χ1v) is 3.50. The van der Waals surface area contributed by atoms with Crippen LogP contribution in [0.2, 0.25) is 0 Å². The Hall–Kier alpha value is -0.980. The fourth-order valence-electron chi connectivity index (χ4n) is 1.03. The number of hydrogen-bond acceptors (Lipinski definition) is 0. The Kier molecular flexibility index (Phi) is 1.95. The minimum absolute atomic E-state index is 0.122. The monoisotopic (exact) mass is 135 g/mol. The largest absolute Gasteiger partial charge is 0.290 e. The summed E-state index contributed by atoms with van der Waals surface area (Å²) in [5.74, 6) is 0.122. The molecule has 0 unspecified atom stereocenters. The van der Waals surface area contributed by atoms with Crippen molar-refractivity contribution in [3.63, 3.8) is 0 Å². The Bertz CT molecular complexity index is 208. The van der Waals surface area contributed by atoms with Gasteiger partial charge in [-0.2, -0.15) is 0 Å². The van der Waals surface area contributed by atoms with Crippen molar-refractivity contribution >= 4 is 0 Å². The van der Waals surface area contributed by atoms with Gasteiger partial charge in [-0.05, 0) is 36.6 Å². The standard InChI is InChI=1S/C9H11O/c1-3-8-4-7(2)5-9(10)6-8/h4-6H,3H2,1-2H3. The smallest absolute Gasteiger partial charge is 0.179 e. The molecule has 0 heterocycles. The predicted octanol–water partition coefficient (Wildman–Crippen LogP) is 2.70. The highest BCUT2D eigenvalue weighted by Crippen LogP contribution is 2.15. The highest BCUT2D eigenvalue weighted by molar-refractivity contribution is 5.32. The van der Waals surface area contributed by atoms with Crippen molar-refractivity contribution in [3.8, 4) is 5.75 Å². The molecule has 0 N–H and O–H groups in total. The molecule has 0 bridgehead atoms. The van der Waals surface area contributed by atoms with Crippen LogP contribution in [0.4, 0.5) is 0 Å². The normalized spacial score (nSPS) is 9.80. The molecular formula is C9H11O. The van der Waals surface area contributed by atoms with Crippen LogP contribution in [-0.4, -0.2) is 0 Å². The maximum absolute atomic E-state index is 10.9. The lowest BCUT2D eigenvalue weighted by molar-refractivity contribution is 0.354. The van der Waals surface area contributed by atoms with Crippen molar-refractivity contribution in [1.82, 2.24) is 0 Å². The molecule has 1 radical (unpaired) electrons. The molecule has 1 nitrogen and oxygen atoms in total. The average Bonchev–Trinajstić information content (AvgIpc) is 1.85. The van der Waals surface area contributed by atoms with E-state index in [0.717, 1.165) is 17.5 Å². The first-order valence-electron chi connectivity index (χ1n) is 3.50. The van der Waals surface area contributed by atoms with Crippen molar-refractivity contribution in [3.05, 3.63) is 29.3 Å². The van der Waals surface area contributed by atoms with Crippen LogP contribution in [0.15, 0.2) is 18.2 Å². The second-order valence-electron chi connectivity index (χ2n) is 2.51. The molecule has 0 amide bonds. The SMILES string of the molecule is CCc1cc(C)cc([O])c1. The Morgan fingerprint density at radius 3 is 2.50 bits per heavy atom. The first kappa shape index (κ1) is 7.13. The van der Waals surface area contributed by atoms with Gasteiger partial charge in [0.2, 0.25) is 0 Å². The van der Waals surface area contributed by atoms with Crippen molar-refractivity contribution in [1.29, 1.82) is 0 Å². The van der Waals surface area contributed by atoms with Gasteiger partial charge in [-0.1, -0.05) is 13.0 Å². The summed E-state index contributed by atoms with van der Waals surface area (Å²) in [5, 5.41) is 10.9. The molecule has 1 rings (SSSR count). The van der Waals surface area contributed by atoms with E-state index in [2.05, 4.69) is 0 Å². The van der Waals surface area contributed by atoms with E-state index in [1.165, 1.54) is 0 Å². The molecule has 0 atom stereocenters. The zero-order valence-corrected chi connectivity index (χ0v) is 6.35. The molecule has 0 spiro atoms. The van der Waals surface area contributed by atoms with Gasteiger partial charge in [-0.25, -0.2) is 0 Å². The quantitative estimate of drug-likeness (QED) is 0.564. The molecule has 1 aromatic rings. The molecule has 10 heavy (non-hydrogen) atoms. The molecule has 1 aromatic carbocycles.